The van der Waals surface area contributed by atoms with Gasteiger partial charge in [-0.2, -0.15) is 5.10 Å². The number of hydrogen-bond acceptors (Lipinski definition) is 3. The summed E-state index contributed by atoms with van der Waals surface area (Å²) in [6.45, 7) is 7.41. The van der Waals surface area contributed by atoms with Crippen LogP contribution in [0.2, 0.25) is 0 Å². The van der Waals surface area contributed by atoms with Crippen molar-refractivity contribution in [2.45, 2.75) is 33.2 Å². The Labute approximate surface area is 108 Å². The third-order valence-corrected chi connectivity index (χ3v) is 3.98. The number of carbonyl (C=O) groups is 1. The summed E-state index contributed by atoms with van der Waals surface area (Å²) in [6, 6.07) is 0.152. The largest absolute Gasteiger partial charge is 0.338 e. The molecule has 5 heteroatoms. The Hall–Kier alpha value is -1.36. The molecule has 0 saturated carbocycles. The second-order valence-electron chi connectivity index (χ2n) is 5.33. The first kappa shape index (κ1) is 13.1. The van der Waals surface area contributed by atoms with Gasteiger partial charge in [0.25, 0.3) is 5.91 Å². The fraction of sp³-hybridized carbons (Fsp3) is 0.692. The molecule has 18 heavy (non-hydrogen) atoms. The number of nitrogens with two attached hydrogens (primary N) is 1. The normalized spacial score (nSPS) is 21.4. The molecule has 0 aromatic carbocycles. The molecule has 0 spiro atoms. The summed E-state index contributed by atoms with van der Waals surface area (Å²) in [7, 11) is 1.87. The average molecular weight is 250 g/mol. The van der Waals surface area contributed by atoms with Crippen molar-refractivity contribution >= 4 is 5.91 Å². The van der Waals surface area contributed by atoms with Crippen LogP contribution in [0, 0.1) is 19.8 Å². The highest BCUT2D eigenvalue weighted by atomic mass is 16.2. The summed E-state index contributed by atoms with van der Waals surface area (Å²) in [5.41, 5.74) is 8.40. The van der Waals surface area contributed by atoms with Gasteiger partial charge in [-0.05, 0) is 33.1 Å². The lowest BCUT2D eigenvalue weighted by molar-refractivity contribution is 0.0784. The third-order valence-electron chi connectivity index (χ3n) is 3.98. The van der Waals surface area contributed by atoms with Crippen molar-refractivity contribution in [1.29, 1.82) is 0 Å². The van der Waals surface area contributed by atoms with E-state index in [1.54, 1.807) is 4.68 Å². The zero-order valence-corrected chi connectivity index (χ0v) is 11.6. The maximum Gasteiger partial charge on any atom is 0.257 e. The maximum absolute atomic E-state index is 12.5. The summed E-state index contributed by atoms with van der Waals surface area (Å²) in [4.78, 5) is 14.4. The minimum atomic E-state index is 0.0984. The van der Waals surface area contributed by atoms with Crippen LogP contribution in [0.4, 0.5) is 0 Å². The molecule has 100 valence electrons. The molecule has 1 aliphatic rings. The fourth-order valence-corrected chi connectivity index (χ4v) is 2.64. The smallest absolute Gasteiger partial charge is 0.257 e. The molecule has 5 nitrogen and oxygen atoms in total. The van der Waals surface area contributed by atoms with Gasteiger partial charge in [0.15, 0.2) is 0 Å². The molecule has 0 bridgehead atoms. The number of aromatic nitrogens is 2. The molecular formula is C13H22N4O. The highest BCUT2D eigenvalue weighted by Gasteiger charge is 2.31. The number of amides is 1. The molecule has 1 aromatic rings. The van der Waals surface area contributed by atoms with Crippen LogP contribution in [0.25, 0.3) is 0 Å². The van der Waals surface area contributed by atoms with Gasteiger partial charge in [0.2, 0.25) is 0 Å². The molecular weight excluding hydrogens is 228 g/mol. The Morgan fingerprint density at radius 3 is 2.61 bits per heavy atom. The first-order valence-corrected chi connectivity index (χ1v) is 6.47. The Bertz CT molecular complexity index is 464. The van der Waals surface area contributed by atoms with E-state index >= 15 is 0 Å². The zero-order chi connectivity index (χ0) is 13.4. The van der Waals surface area contributed by atoms with Crippen molar-refractivity contribution < 1.29 is 4.79 Å². The lowest BCUT2D eigenvalue weighted by Gasteiger charge is -2.18. The van der Waals surface area contributed by atoms with Crippen LogP contribution in [0.5, 0.6) is 0 Å². The summed E-state index contributed by atoms with van der Waals surface area (Å²) >= 11 is 0. The third kappa shape index (κ3) is 2.14. The molecule has 2 rings (SSSR count). The second-order valence-corrected chi connectivity index (χ2v) is 5.33. The molecule has 2 atom stereocenters. The van der Waals surface area contributed by atoms with Crippen LogP contribution < -0.4 is 5.73 Å². The van der Waals surface area contributed by atoms with Gasteiger partial charge in [0.1, 0.15) is 0 Å². The van der Waals surface area contributed by atoms with Crippen molar-refractivity contribution in [2.24, 2.45) is 18.7 Å². The highest BCUT2D eigenvalue weighted by Crippen LogP contribution is 2.23. The van der Waals surface area contributed by atoms with Gasteiger partial charge in [0.05, 0.1) is 11.3 Å². The quantitative estimate of drug-likeness (QED) is 0.846. The molecule has 1 amide bonds. The van der Waals surface area contributed by atoms with Gasteiger partial charge in [-0.25, -0.2) is 0 Å². The van der Waals surface area contributed by atoms with Gasteiger partial charge in [-0.15, -0.1) is 0 Å². The van der Waals surface area contributed by atoms with Crippen molar-refractivity contribution in [3.8, 4) is 0 Å². The van der Waals surface area contributed by atoms with Gasteiger partial charge >= 0.3 is 0 Å². The van der Waals surface area contributed by atoms with Crippen molar-refractivity contribution in [3.63, 3.8) is 0 Å². The standard InChI is InChI=1S/C13H22N4O/c1-8(14)11-5-6-17(7-11)13(18)12-9(2)15-16(4)10(12)3/h8,11H,5-7,14H2,1-4H3. The van der Waals surface area contributed by atoms with Crippen LogP contribution in [0.3, 0.4) is 0 Å². The van der Waals surface area contributed by atoms with Crippen LogP contribution in [-0.4, -0.2) is 39.7 Å². The lowest BCUT2D eigenvalue weighted by atomic mass is 10.0. The summed E-state index contributed by atoms with van der Waals surface area (Å²) in [5, 5.41) is 4.30. The summed E-state index contributed by atoms with van der Waals surface area (Å²) in [6.07, 6.45) is 1.00. The Balaban J connectivity index is 2.18. The summed E-state index contributed by atoms with van der Waals surface area (Å²) < 4.78 is 1.77. The minimum Gasteiger partial charge on any atom is -0.338 e. The Morgan fingerprint density at radius 1 is 1.50 bits per heavy atom. The Morgan fingerprint density at radius 2 is 2.17 bits per heavy atom. The van der Waals surface area contributed by atoms with E-state index in [1.807, 2.05) is 32.7 Å². The van der Waals surface area contributed by atoms with E-state index in [4.69, 9.17) is 5.73 Å². The zero-order valence-electron chi connectivity index (χ0n) is 11.6. The van der Waals surface area contributed by atoms with E-state index < -0.39 is 0 Å². The Kier molecular flexibility index (Phi) is 3.43. The number of nitrogens with zero attached hydrogens (tertiary/aromatic N) is 3. The first-order valence-electron chi connectivity index (χ1n) is 6.47. The molecule has 1 aliphatic heterocycles. The van der Waals surface area contributed by atoms with E-state index in [2.05, 4.69) is 5.10 Å². The highest BCUT2D eigenvalue weighted by molar-refractivity contribution is 5.96. The number of likely N-dealkylation sites (tertiary alicyclic amines) is 1. The van der Waals surface area contributed by atoms with Crippen molar-refractivity contribution in [2.75, 3.05) is 13.1 Å². The van der Waals surface area contributed by atoms with E-state index in [-0.39, 0.29) is 11.9 Å². The van der Waals surface area contributed by atoms with E-state index in [1.165, 1.54) is 0 Å². The van der Waals surface area contributed by atoms with E-state index in [9.17, 15) is 4.79 Å². The average Bonchev–Trinajstić information content (AvgIpc) is 2.85. The topological polar surface area (TPSA) is 64.2 Å². The molecule has 2 heterocycles. The molecule has 2 N–H and O–H groups in total. The van der Waals surface area contributed by atoms with Crippen LogP contribution in [0.15, 0.2) is 0 Å². The van der Waals surface area contributed by atoms with Crippen molar-refractivity contribution in [1.82, 2.24) is 14.7 Å². The monoisotopic (exact) mass is 250 g/mol. The number of rotatable bonds is 2. The van der Waals surface area contributed by atoms with Crippen LogP contribution in [-0.2, 0) is 7.05 Å². The van der Waals surface area contributed by atoms with Crippen LogP contribution in [0.1, 0.15) is 35.1 Å². The van der Waals surface area contributed by atoms with Gasteiger partial charge < -0.3 is 10.6 Å². The molecule has 2 unspecified atom stereocenters. The minimum absolute atomic E-state index is 0.0984. The fourth-order valence-electron chi connectivity index (χ4n) is 2.64. The van der Waals surface area contributed by atoms with Gasteiger partial charge in [-0.3, -0.25) is 9.48 Å². The lowest BCUT2D eigenvalue weighted by Crippen LogP contribution is -2.33. The molecule has 1 aromatic heterocycles. The van der Waals surface area contributed by atoms with E-state index in [0.717, 1.165) is 36.5 Å². The SMILES string of the molecule is Cc1nn(C)c(C)c1C(=O)N1CCC(C(C)N)C1. The number of hydrogen-bond donors (Lipinski definition) is 1. The van der Waals surface area contributed by atoms with Gasteiger partial charge in [-0.1, -0.05) is 0 Å². The molecule has 0 aliphatic carbocycles. The van der Waals surface area contributed by atoms with Crippen molar-refractivity contribution in [3.05, 3.63) is 17.0 Å². The van der Waals surface area contributed by atoms with Gasteiger partial charge in [0, 0.05) is 31.9 Å². The molecule has 1 fully saturated rings. The number of aryl methyl sites for hydroxylation is 2. The first-order chi connectivity index (χ1) is 8.41. The predicted octanol–water partition coefficient (Wildman–Crippen LogP) is 0.846. The van der Waals surface area contributed by atoms with Crippen LogP contribution >= 0.6 is 0 Å². The maximum atomic E-state index is 12.5. The summed E-state index contributed by atoms with van der Waals surface area (Å²) in [5.74, 6) is 0.521. The molecule has 1 saturated heterocycles. The predicted molar refractivity (Wildman–Crippen MR) is 70.3 cm³/mol. The second kappa shape index (κ2) is 4.72. The van der Waals surface area contributed by atoms with E-state index in [0.29, 0.717) is 5.92 Å². The number of carbonyl (C=O) groups excluding carboxylic acids is 1. The molecule has 0 radical (unpaired) electrons.